The second kappa shape index (κ2) is 9.07. The number of nitrogens with two attached hydrogens (primary N) is 1. The molecule has 5 aromatic rings. The van der Waals surface area contributed by atoms with E-state index < -0.39 is 11.8 Å². The number of nitrogens with one attached hydrogen (secondary N) is 2. The molecule has 8 heteroatoms. The van der Waals surface area contributed by atoms with Crippen molar-refractivity contribution in [3.8, 4) is 11.4 Å². The van der Waals surface area contributed by atoms with Gasteiger partial charge < -0.3 is 5.73 Å². The van der Waals surface area contributed by atoms with Crippen LogP contribution >= 0.6 is 0 Å². The molecule has 4 N–H and O–H groups in total. The number of aromatic nitrogens is 4. The smallest absolute Gasteiger partial charge is 0.275 e. The third kappa shape index (κ3) is 3.88. The summed E-state index contributed by atoms with van der Waals surface area (Å²) in [5.41, 5.74) is 9.51. The molecular formula is C28H25N5O3. The Hall–Kier alpha value is -4.85. The van der Waals surface area contributed by atoms with E-state index in [-0.39, 0.29) is 11.1 Å². The van der Waals surface area contributed by atoms with Crippen molar-refractivity contribution in [1.82, 2.24) is 19.6 Å². The quantitative estimate of drug-likeness (QED) is 0.346. The van der Waals surface area contributed by atoms with Crippen molar-refractivity contribution >= 4 is 5.91 Å². The predicted molar refractivity (Wildman–Crippen MR) is 138 cm³/mol. The number of hydrogen-bond donors (Lipinski definition) is 3. The van der Waals surface area contributed by atoms with Crippen molar-refractivity contribution in [1.29, 1.82) is 0 Å². The SMILES string of the molecule is Cc1[nH]n(-c2ccccc2)c(=O)c1C(c1ccc(C(N)=O)cc1)c1c(C)[nH]n(-c2ccccc2)c1=O. The Morgan fingerprint density at radius 1 is 0.694 bits per heavy atom. The molecule has 5 rings (SSSR count). The van der Waals surface area contributed by atoms with Crippen molar-refractivity contribution < 1.29 is 4.79 Å². The molecule has 8 nitrogen and oxygen atoms in total. The van der Waals surface area contributed by atoms with Crippen LogP contribution in [-0.2, 0) is 0 Å². The minimum Gasteiger partial charge on any atom is -0.366 e. The Bertz CT molecular complexity index is 1560. The van der Waals surface area contributed by atoms with Crippen LogP contribution in [0, 0.1) is 13.8 Å². The summed E-state index contributed by atoms with van der Waals surface area (Å²) in [5, 5.41) is 6.33. The van der Waals surface area contributed by atoms with E-state index in [1.165, 1.54) is 9.36 Å². The number of primary amides is 1. The summed E-state index contributed by atoms with van der Waals surface area (Å²) < 4.78 is 2.96. The standard InChI is InChI=1S/C28H25N5O3/c1-17-23(27(35)32(30-17)21-9-5-3-6-10-21)25(19-13-15-20(16-14-19)26(29)34)24-18(2)31-33(28(24)36)22-11-7-4-8-12-22/h3-16,25,30-31H,1-2H3,(H2,29,34). The Balaban J connectivity index is 1.76. The second-order valence-electron chi connectivity index (χ2n) is 8.67. The number of para-hydroxylation sites is 2. The normalized spacial score (nSPS) is 11.2. The average molecular weight is 480 g/mol. The molecule has 0 aliphatic rings. The Labute approximate surface area is 206 Å². The van der Waals surface area contributed by atoms with Gasteiger partial charge in [-0.15, -0.1) is 0 Å². The lowest BCUT2D eigenvalue weighted by atomic mass is 9.85. The van der Waals surface area contributed by atoms with Gasteiger partial charge in [-0.2, -0.15) is 0 Å². The maximum Gasteiger partial charge on any atom is 0.275 e. The summed E-state index contributed by atoms with van der Waals surface area (Å²) in [6, 6.07) is 25.2. The summed E-state index contributed by atoms with van der Waals surface area (Å²) in [7, 11) is 0. The first-order valence-electron chi connectivity index (χ1n) is 11.5. The maximum atomic E-state index is 13.8. The second-order valence-corrected chi connectivity index (χ2v) is 8.67. The van der Waals surface area contributed by atoms with Crippen LogP contribution in [-0.4, -0.2) is 25.5 Å². The fourth-order valence-electron chi connectivity index (χ4n) is 4.63. The van der Waals surface area contributed by atoms with Crippen molar-refractivity contribution in [2.24, 2.45) is 5.73 Å². The lowest BCUT2D eigenvalue weighted by Gasteiger charge is -2.16. The van der Waals surface area contributed by atoms with Crippen LogP contribution in [0.4, 0.5) is 0 Å². The van der Waals surface area contributed by atoms with Crippen LogP contribution in [0.1, 0.15) is 44.4 Å². The molecule has 0 spiro atoms. The first-order chi connectivity index (χ1) is 17.4. The number of aromatic amines is 2. The van der Waals surface area contributed by atoms with Gasteiger partial charge in [-0.25, -0.2) is 9.36 Å². The van der Waals surface area contributed by atoms with Crippen molar-refractivity contribution in [3.63, 3.8) is 0 Å². The lowest BCUT2D eigenvalue weighted by molar-refractivity contribution is 0.100. The topological polar surface area (TPSA) is 119 Å². The van der Waals surface area contributed by atoms with Crippen LogP contribution in [0.2, 0.25) is 0 Å². The summed E-state index contributed by atoms with van der Waals surface area (Å²) in [6.07, 6.45) is 0. The minimum atomic E-state index is -0.686. The zero-order valence-electron chi connectivity index (χ0n) is 19.9. The molecule has 3 aromatic carbocycles. The van der Waals surface area contributed by atoms with Crippen LogP contribution in [0.25, 0.3) is 11.4 Å². The van der Waals surface area contributed by atoms with Crippen LogP contribution < -0.4 is 16.9 Å². The Morgan fingerprint density at radius 2 is 1.11 bits per heavy atom. The van der Waals surface area contributed by atoms with Gasteiger partial charge in [0.05, 0.1) is 22.5 Å². The molecule has 0 unspecified atom stereocenters. The highest BCUT2D eigenvalue weighted by atomic mass is 16.1. The molecule has 0 saturated carbocycles. The van der Waals surface area contributed by atoms with Crippen LogP contribution in [0.5, 0.6) is 0 Å². The number of rotatable bonds is 6. The zero-order valence-corrected chi connectivity index (χ0v) is 19.9. The van der Waals surface area contributed by atoms with Gasteiger partial charge in [-0.3, -0.25) is 24.6 Å². The van der Waals surface area contributed by atoms with E-state index in [2.05, 4.69) is 10.2 Å². The van der Waals surface area contributed by atoms with E-state index in [0.717, 1.165) is 0 Å². The number of H-pyrrole nitrogens is 2. The van der Waals surface area contributed by atoms with Crippen LogP contribution in [0.3, 0.4) is 0 Å². The largest absolute Gasteiger partial charge is 0.366 e. The highest BCUT2D eigenvalue weighted by molar-refractivity contribution is 5.92. The van der Waals surface area contributed by atoms with E-state index in [1.54, 1.807) is 24.3 Å². The summed E-state index contributed by atoms with van der Waals surface area (Å²) in [4.78, 5) is 39.2. The monoisotopic (exact) mass is 479 g/mol. The summed E-state index contributed by atoms with van der Waals surface area (Å²) in [6.45, 7) is 3.64. The molecule has 0 aliphatic carbocycles. The number of carbonyl (C=O) groups excluding carboxylic acids is 1. The van der Waals surface area contributed by atoms with Crippen molar-refractivity contribution in [2.75, 3.05) is 0 Å². The van der Waals surface area contributed by atoms with Crippen molar-refractivity contribution in [3.05, 3.63) is 139 Å². The van der Waals surface area contributed by atoms with E-state index in [1.807, 2.05) is 74.5 Å². The predicted octanol–water partition coefficient (Wildman–Crippen LogP) is 3.54. The van der Waals surface area contributed by atoms with Gasteiger partial charge in [0, 0.05) is 22.9 Å². The number of benzene rings is 3. The fourth-order valence-corrected chi connectivity index (χ4v) is 4.63. The van der Waals surface area contributed by atoms with Gasteiger partial charge in [0.1, 0.15) is 0 Å². The minimum absolute atomic E-state index is 0.256. The van der Waals surface area contributed by atoms with Gasteiger partial charge in [0.15, 0.2) is 0 Å². The number of aryl methyl sites for hydroxylation is 2. The molecule has 0 atom stereocenters. The molecule has 0 aliphatic heterocycles. The molecule has 2 aromatic heterocycles. The highest BCUT2D eigenvalue weighted by Crippen LogP contribution is 2.32. The molecule has 0 saturated heterocycles. The van der Waals surface area contributed by atoms with Gasteiger partial charge >= 0.3 is 0 Å². The molecule has 1 amide bonds. The molecule has 36 heavy (non-hydrogen) atoms. The van der Waals surface area contributed by atoms with E-state index in [4.69, 9.17) is 5.73 Å². The first-order valence-corrected chi connectivity index (χ1v) is 11.5. The van der Waals surface area contributed by atoms with Crippen LogP contribution in [0.15, 0.2) is 94.5 Å². The fraction of sp³-hybridized carbons (Fsp3) is 0.107. The third-order valence-corrected chi connectivity index (χ3v) is 6.37. The maximum absolute atomic E-state index is 13.8. The number of amides is 1. The number of carbonyl (C=O) groups is 1. The van der Waals surface area contributed by atoms with E-state index in [0.29, 0.717) is 45.0 Å². The van der Waals surface area contributed by atoms with Gasteiger partial charge in [0.2, 0.25) is 5.91 Å². The molecular weight excluding hydrogens is 454 g/mol. The highest BCUT2D eigenvalue weighted by Gasteiger charge is 2.31. The van der Waals surface area contributed by atoms with E-state index >= 15 is 0 Å². The van der Waals surface area contributed by atoms with Gasteiger partial charge in [0.25, 0.3) is 11.1 Å². The molecule has 0 bridgehead atoms. The first kappa shape index (κ1) is 22.9. The van der Waals surface area contributed by atoms with Gasteiger partial charge in [-0.1, -0.05) is 48.5 Å². The average Bonchev–Trinajstić information content (AvgIpc) is 3.36. The number of nitrogens with zero attached hydrogens (tertiary/aromatic N) is 2. The Morgan fingerprint density at radius 3 is 1.50 bits per heavy atom. The molecule has 0 fully saturated rings. The molecule has 180 valence electrons. The summed E-state index contributed by atoms with van der Waals surface area (Å²) in [5.74, 6) is -1.24. The lowest BCUT2D eigenvalue weighted by Crippen LogP contribution is -2.25. The van der Waals surface area contributed by atoms with Gasteiger partial charge in [-0.05, 0) is 55.8 Å². The van der Waals surface area contributed by atoms with E-state index in [9.17, 15) is 14.4 Å². The summed E-state index contributed by atoms with van der Waals surface area (Å²) >= 11 is 0. The molecule has 0 radical (unpaired) electrons. The number of hydrogen-bond acceptors (Lipinski definition) is 3. The third-order valence-electron chi connectivity index (χ3n) is 6.37. The molecule has 2 heterocycles. The van der Waals surface area contributed by atoms with Crippen molar-refractivity contribution in [2.45, 2.75) is 19.8 Å². The Kier molecular flexibility index (Phi) is 5.77. The zero-order chi connectivity index (χ0) is 25.4.